The first-order valence-corrected chi connectivity index (χ1v) is 6.47. The summed E-state index contributed by atoms with van der Waals surface area (Å²) in [5, 5.41) is 3.00. The highest BCUT2D eigenvalue weighted by atomic mass is 16.1. The summed E-state index contributed by atoms with van der Waals surface area (Å²) < 4.78 is 0. The van der Waals surface area contributed by atoms with Crippen molar-refractivity contribution >= 4 is 5.91 Å². The Morgan fingerprint density at radius 2 is 2.24 bits per heavy atom. The molecule has 1 aliphatic heterocycles. The Bertz CT molecular complexity index is 247. The van der Waals surface area contributed by atoms with Crippen LogP contribution in [0.2, 0.25) is 0 Å². The summed E-state index contributed by atoms with van der Waals surface area (Å²) in [6.07, 6.45) is 2.27. The topological polar surface area (TPSA) is 61.6 Å². The SMILES string of the molecule is CCC1CN(C)CCCN1CC(NC)C(N)=O. The van der Waals surface area contributed by atoms with E-state index in [0.29, 0.717) is 6.04 Å². The Balaban J connectivity index is 2.62. The minimum atomic E-state index is -0.264. The van der Waals surface area contributed by atoms with Gasteiger partial charge in [-0.15, -0.1) is 0 Å². The first kappa shape index (κ1) is 14.4. The first-order valence-electron chi connectivity index (χ1n) is 6.47. The average molecular weight is 242 g/mol. The van der Waals surface area contributed by atoms with Crippen LogP contribution in [0.15, 0.2) is 0 Å². The van der Waals surface area contributed by atoms with Crippen molar-refractivity contribution in [2.75, 3.05) is 40.3 Å². The highest BCUT2D eigenvalue weighted by Crippen LogP contribution is 2.12. The number of hydrogen-bond acceptors (Lipinski definition) is 4. The van der Waals surface area contributed by atoms with Gasteiger partial charge in [-0.2, -0.15) is 0 Å². The van der Waals surface area contributed by atoms with Crippen molar-refractivity contribution in [3.05, 3.63) is 0 Å². The van der Waals surface area contributed by atoms with Crippen LogP contribution in [0.3, 0.4) is 0 Å². The minimum Gasteiger partial charge on any atom is -0.368 e. The molecule has 0 aliphatic carbocycles. The second-order valence-corrected chi connectivity index (χ2v) is 4.92. The number of primary amides is 1. The van der Waals surface area contributed by atoms with Gasteiger partial charge in [0, 0.05) is 19.1 Å². The maximum Gasteiger partial charge on any atom is 0.235 e. The fourth-order valence-electron chi connectivity index (χ4n) is 2.48. The van der Waals surface area contributed by atoms with E-state index in [0.717, 1.165) is 39.0 Å². The maximum absolute atomic E-state index is 11.3. The summed E-state index contributed by atoms with van der Waals surface area (Å²) in [7, 11) is 3.95. The van der Waals surface area contributed by atoms with Crippen LogP contribution < -0.4 is 11.1 Å². The highest BCUT2D eigenvalue weighted by molar-refractivity contribution is 5.80. The van der Waals surface area contributed by atoms with E-state index in [1.54, 1.807) is 7.05 Å². The molecule has 0 radical (unpaired) electrons. The van der Waals surface area contributed by atoms with Gasteiger partial charge in [0.2, 0.25) is 5.91 Å². The number of nitrogens with zero attached hydrogens (tertiary/aromatic N) is 2. The van der Waals surface area contributed by atoms with Crippen molar-refractivity contribution in [3.8, 4) is 0 Å². The normalized spacial score (nSPS) is 25.5. The fraction of sp³-hybridized carbons (Fsp3) is 0.917. The molecule has 2 atom stereocenters. The number of nitrogens with one attached hydrogen (secondary N) is 1. The van der Waals surface area contributed by atoms with E-state index in [-0.39, 0.29) is 11.9 Å². The third-order valence-corrected chi connectivity index (χ3v) is 3.60. The number of hydrogen-bond donors (Lipinski definition) is 2. The van der Waals surface area contributed by atoms with Crippen molar-refractivity contribution in [2.24, 2.45) is 5.73 Å². The van der Waals surface area contributed by atoms with Gasteiger partial charge in [0.25, 0.3) is 0 Å². The molecule has 0 aromatic heterocycles. The van der Waals surface area contributed by atoms with E-state index in [2.05, 4.69) is 29.1 Å². The van der Waals surface area contributed by atoms with E-state index in [4.69, 9.17) is 5.73 Å². The van der Waals surface area contributed by atoms with Crippen molar-refractivity contribution in [2.45, 2.75) is 31.8 Å². The number of likely N-dealkylation sites (N-methyl/N-ethyl adjacent to an activating group) is 2. The Morgan fingerprint density at radius 1 is 1.53 bits per heavy atom. The lowest BCUT2D eigenvalue weighted by Gasteiger charge is -2.32. The second-order valence-electron chi connectivity index (χ2n) is 4.92. The van der Waals surface area contributed by atoms with Gasteiger partial charge in [-0.05, 0) is 40.0 Å². The van der Waals surface area contributed by atoms with Crippen molar-refractivity contribution in [1.29, 1.82) is 0 Å². The monoisotopic (exact) mass is 242 g/mol. The van der Waals surface area contributed by atoms with Crippen molar-refractivity contribution in [3.63, 3.8) is 0 Å². The summed E-state index contributed by atoms with van der Waals surface area (Å²) in [4.78, 5) is 16.0. The van der Waals surface area contributed by atoms with Crippen LogP contribution in [0, 0.1) is 0 Å². The van der Waals surface area contributed by atoms with Crippen LogP contribution in [0.5, 0.6) is 0 Å². The van der Waals surface area contributed by atoms with Crippen molar-refractivity contribution < 1.29 is 4.79 Å². The zero-order chi connectivity index (χ0) is 12.8. The molecule has 0 aromatic carbocycles. The number of nitrogens with two attached hydrogens (primary N) is 1. The van der Waals surface area contributed by atoms with E-state index in [1.165, 1.54) is 0 Å². The van der Waals surface area contributed by atoms with E-state index < -0.39 is 0 Å². The molecule has 1 amide bonds. The van der Waals surface area contributed by atoms with Gasteiger partial charge in [0.15, 0.2) is 0 Å². The Labute approximate surface area is 104 Å². The van der Waals surface area contributed by atoms with Gasteiger partial charge >= 0.3 is 0 Å². The second kappa shape index (κ2) is 6.93. The maximum atomic E-state index is 11.3. The van der Waals surface area contributed by atoms with Gasteiger partial charge in [0.05, 0.1) is 6.04 Å². The Kier molecular flexibility index (Phi) is 5.88. The lowest BCUT2D eigenvalue weighted by Crippen LogP contribution is -2.51. The molecule has 1 heterocycles. The predicted octanol–water partition coefficient (Wildman–Crippen LogP) is -0.524. The Morgan fingerprint density at radius 3 is 2.76 bits per heavy atom. The molecule has 1 rings (SSSR count). The molecule has 1 saturated heterocycles. The highest BCUT2D eigenvalue weighted by Gasteiger charge is 2.25. The zero-order valence-corrected chi connectivity index (χ0v) is 11.3. The summed E-state index contributed by atoms with van der Waals surface area (Å²) in [5.41, 5.74) is 5.38. The molecule has 100 valence electrons. The summed E-state index contributed by atoms with van der Waals surface area (Å²) >= 11 is 0. The number of carbonyl (C=O) groups excluding carboxylic acids is 1. The lowest BCUT2D eigenvalue weighted by atomic mass is 10.1. The van der Waals surface area contributed by atoms with E-state index in [9.17, 15) is 4.79 Å². The van der Waals surface area contributed by atoms with Gasteiger partial charge in [-0.1, -0.05) is 6.92 Å². The van der Waals surface area contributed by atoms with E-state index >= 15 is 0 Å². The molecule has 5 heteroatoms. The third-order valence-electron chi connectivity index (χ3n) is 3.60. The van der Waals surface area contributed by atoms with Crippen molar-refractivity contribution in [1.82, 2.24) is 15.1 Å². The average Bonchev–Trinajstić information content (AvgIpc) is 2.47. The predicted molar refractivity (Wildman–Crippen MR) is 69.8 cm³/mol. The molecule has 3 N–H and O–H groups in total. The molecule has 0 aromatic rings. The summed E-state index contributed by atoms with van der Waals surface area (Å²) in [5.74, 6) is -0.264. The van der Waals surface area contributed by atoms with E-state index in [1.807, 2.05) is 0 Å². The largest absolute Gasteiger partial charge is 0.368 e. The molecule has 0 spiro atoms. The van der Waals surface area contributed by atoms with Gasteiger partial charge in [-0.3, -0.25) is 9.69 Å². The molecule has 0 bridgehead atoms. The summed E-state index contributed by atoms with van der Waals surface area (Å²) in [6.45, 7) is 6.18. The molecule has 1 fully saturated rings. The molecular weight excluding hydrogens is 216 g/mol. The standard InChI is InChI=1S/C12H26N4O/c1-4-10-8-15(3)6-5-7-16(10)9-11(14-2)12(13)17/h10-11,14H,4-9H2,1-3H3,(H2,13,17). The van der Waals surface area contributed by atoms with Crippen LogP contribution in [0.25, 0.3) is 0 Å². The van der Waals surface area contributed by atoms with Gasteiger partial charge in [0.1, 0.15) is 0 Å². The third kappa shape index (κ3) is 4.26. The number of carbonyl (C=O) groups is 1. The van der Waals surface area contributed by atoms with Crippen LogP contribution in [-0.2, 0) is 4.79 Å². The molecule has 1 aliphatic rings. The summed E-state index contributed by atoms with van der Waals surface area (Å²) in [6, 6.07) is 0.283. The molecule has 5 nitrogen and oxygen atoms in total. The number of rotatable bonds is 5. The minimum absolute atomic E-state index is 0.243. The van der Waals surface area contributed by atoms with Crippen LogP contribution in [0.1, 0.15) is 19.8 Å². The van der Waals surface area contributed by atoms with Crippen LogP contribution in [-0.4, -0.2) is 68.1 Å². The lowest BCUT2D eigenvalue weighted by molar-refractivity contribution is -0.120. The van der Waals surface area contributed by atoms with Crippen LogP contribution >= 0.6 is 0 Å². The van der Waals surface area contributed by atoms with Crippen LogP contribution in [0.4, 0.5) is 0 Å². The number of amides is 1. The Hall–Kier alpha value is -0.650. The molecule has 2 unspecified atom stereocenters. The molecular formula is C12H26N4O. The molecule has 17 heavy (non-hydrogen) atoms. The van der Waals surface area contributed by atoms with Gasteiger partial charge in [-0.25, -0.2) is 0 Å². The molecule has 0 saturated carbocycles. The van der Waals surface area contributed by atoms with Gasteiger partial charge < -0.3 is 16.0 Å². The smallest absolute Gasteiger partial charge is 0.235 e. The first-order chi connectivity index (χ1) is 8.08. The fourth-order valence-corrected chi connectivity index (χ4v) is 2.48. The quantitative estimate of drug-likeness (QED) is 0.681. The zero-order valence-electron chi connectivity index (χ0n) is 11.3.